The van der Waals surface area contributed by atoms with E-state index >= 15 is 0 Å². The zero-order chi connectivity index (χ0) is 19.6. The van der Waals surface area contributed by atoms with E-state index in [-0.39, 0.29) is 33.9 Å². The molecule has 1 saturated heterocycles. The van der Waals surface area contributed by atoms with Crippen molar-refractivity contribution >= 4 is 49.2 Å². The number of hydrogen-bond donors (Lipinski definition) is 0. The maximum absolute atomic E-state index is 12.6. The van der Waals surface area contributed by atoms with Crippen molar-refractivity contribution in [2.45, 2.75) is 11.8 Å². The normalized spacial score (nSPS) is 16.1. The molecule has 0 saturated carbocycles. The summed E-state index contributed by atoms with van der Waals surface area (Å²) in [5.74, 6) is -0.420. The number of Topliss-reactive ketones (excluding diaryl/α,β-unsaturated/α-hetero) is 1. The van der Waals surface area contributed by atoms with Gasteiger partial charge in [0.2, 0.25) is 15.7 Å². The molecule has 140 valence electrons. The van der Waals surface area contributed by atoms with Crippen LogP contribution in [0.25, 0.3) is 0 Å². The van der Waals surface area contributed by atoms with E-state index in [2.05, 4.69) is 15.9 Å². The van der Waals surface area contributed by atoms with E-state index in [0.717, 1.165) is 27.2 Å². The molecule has 5 nitrogen and oxygen atoms in total. The molecule has 0 atom stereocenters. The van der Waals surface area contributed by atoms with Crippen LogP contribution in [0.5, 0.6) is 0 Å². The number of rotatable bonds is 5. The van der Waals surface area contributed by atoms with Crippen LogP contribution in [0.3, 0.4) is 0 Å². The third kappa shape index (κ3) is 4.69. The molecule has 0 bridgehead atoms. The van der Waals surface area contributed by atoms with Gasteiger partial charge in [0, 0.05) is 10.0 Å². The first-order valence-corrected chi connectivity index (χ1v) is 11.3. The van der Waals surface area contributed by atoms with Gasteiger partial charge < -0.3 is 0 Å². The number of amides is 1. The molecule has 1 aliphatic rings. The minimum atomic E-state index is -3.72. The molecule has 1 aliphatic heterocycles. The number of hydrogen-bond acceptors (Lipinski definition) is 5. The second-order valence-electron chi connectivity index (χ2n) is 6.01. The first kappa shape index (κ1) is 19.9. The van der Waals surface area contributed by atoms with Gasteiger partial charge in [0.25, 0.3) is 0 Å². The molecule has 0 radical (unpaired) electrons. The van der Waals surface area contributed by atoms with Gasteiger partial charge in [0.15, 0.2) is 5.78 Å². The van der Waals surface area contributed by atoms with E-state index in [1.165, 1.54) is 17.0 Å². The Bertz CT molecular complexity index is 1010. The van der Waals surface area contributed by atoms with E-state index in [9.17, 15) is 18.0 Å². The Morgan fingerprint density at radius 1 is 1.15 bits per heavy atom. The Hall–Kier alpha value is -1.90. The fourth-order valence-electron chi connectivity index (χ4n) is 2.48. The quantitative estimate of drug-likeness (QED) is 0.628. The van der Waals surface area contributed by atoms with Crippen LogP contribution in [-0.4, -0.2) is 37.3 Å². The van der Waals surface area contributed by atoms with Crippen LogP contribution in [0.2, 0.25) is 0 Å². The van der Waals surface area contributed by atoms with Crippen LogP contribution in [0.15, 0.2) is 68.3 Å². The summed E-state index contributed by atoms with van der Waals surface area (Å²) in [5.41, 5.74) is 1.41. The van der Waals surface area contributed by atoms with Crippen molar-refractivity contribution in [2.75, 3.05) is 12.3 Å². The number of ketones is 1. The van der Waals surface area contributed by atoms with Crippen molar-refractivity contribution in [3.63, 3.8) is 0 Å². The van der Waals surface area contributed by atoms with Gasteiger partial charge in [-0.15, -0.1) is 0 Å². The van der Waals surface area contributed by atoms with Crippen LogP contribution in [0.1, 0.15) is 15.9 Å². The number of halogens is 1. The van der Waals surface area contributed by atoms with Gasteiger partial charge in [-0.2, -0.15) is 0 Å². The number of carbonyl (C=O) groups excluding carboxylic acids is 2. The van der Waals surface area contributed by atoms with Gasteiger partial charge in [0.05, 0.1) is 27.6 Å². The van der Waals surface area contributed by atoms with E-state index < -0.39 is 9.84 Å². The van der Waals surface area contributed by atoms with E-state index in [1.807, 2.05) is 6.92 Å². The zero-order valence-electron chi connectivity index (χ0n) is 14.4. The molecule has 27 heavy (non-hydrogen) atoms. The Morgan fingerprint density at radius 3 is 2.41 bits per heavy atom. The summed E-state index contributed by atoms with van der Waals surface area (Å²) in [6, 6.07) is 13.3. The fourth-order valence-corrected chi connectivity index (χ4v) is 5.19. The Kier molecular flexibility index (Phi) is 5.88. The molecule has 2 aromatic carbocycles. The second kappa shape index (κ2) is 8.00. The van der Waals surface area contributed by atoms with Crippen molar-refractivity contribution < 1.29 is 18.0 Å². The summed E-state index contributed by atoms with van der Waals surface area (Å²) in [5, 5.41) is 1.34. The lowest BCUT2D eigenvalue weighted by atomic mass is 10.1. The molecule has 1 amide bonds. The third-order valence-electron chi connectivity index (χ3n) is 3.98. The van der Waals surface area contributed by atoms with Gasteiger partial charge >= 0.3 is 0 Å². The van der Waals surface area contributed by atoms with E-state index in [1.54, 1.807) is 36.4 Å². The first-order valence-electron chi connectivity index (χ1n) is 8.02. The van der Waals surface area contributed by atoms with Crippen molar-refractivity contribution in [3.05, 3.63) is 74.6 Å². The summed E-state index contributed by atoms with van der Waals surface area (Å²) in [6.07, 6.45) is 0. The minimum absolute atomic E-state index is 0.114. The number of nitrogens with zero attached hydrogens (tertiary/aromatic N) is 1. The first-order chi connectivity index (χ1) is 12.8. The van der Waals surface area contributed by atoms with Crippen LogP contribution in [-0.2, 0) is 14.6 Å². The molecule has 0 aromatic heterocycles. The van der Waals surface area contributed by atoms with Crippen LogP contribution in [0.4, 0.5) is 0 Å². The standard InChI is InChI=1S/C19H16BrNO4S2/c1-13-2-8-16(9-3-13)27(24,25)12-19-21(18(23)11-26-19)10-17(22)14-4-6-15(20)7-5-14/h2-9,12H,10-11H2,1H3. The Labute approximate surface area is 170 Å². The van der Waals surface area contributed by atoms with Gasteiger partial charge in [-0.25, -0.2) is 8.42 Å². The Balaban J connectivity index is 1.85. The predicted molar refractivity (Wildman–Crippen MR) is 109 cm³/mol. The SMILES string of the molecule is Cc1ccc(S(=O)(=O)C=C2SCC(=O)N2CC(=O)c2ccc(Br)cc2)cc1. The monoisotopic (exact) mass is 465 g/mol. The van der Waals surface area contributed by atoms with Crippen LogP contribution >= 0.6 is 27.7 Å². The van der Waals surface area contributed by atoms with Gasteiger partial charge in [-0.3, -0.25) is 14.5 Å². The third-order valence-corrected chi connectivity index (χ3v) is 7.15. The summed E-state index contributed by atoms with van der Waals surface area (Å²) in [6.45, 7) is 1.68. The average Bonchev–Trinajstić information content (AvgIpc) is 2.95. The zero-order valence-corrected chi connectivity index (χ0v) is 17.6. The number of carbonyl (C=O) groups is 2. The summed E-state index contributed by atoms with van der Waals surface area (Å²) in [7, 11) is -3.72. The summed E-state index contributed by atoms with van der Waals surface area (Å²) >= 11 is 4.43. The molecular weight excluding hydrogens is 450 g/mol. The molecule has 0 spiro atoms. The highest BCUT2D eigenvalue weighted by molar-refractivity contribution is 9.10. The molecule has 1 heterocycles. The topological polar surface area (TPSA) is 71.5 Å². The molecule has 8 heteroatoms. The maximum atomic E-state index is 12.6. The molecule has 0 aliphatic carbocycles. The molecule has 1 fully saturated rings. The van der Waals surface area contributed by atoms with Crippen molar-refractivity contribution in [1.29, 1.82) is 0 Å². The predicted octanol–water partition coefficient (Wildman–Crippen LogP) is 3.79. The number of sulfone groups is 1. The van der Waals surface area contributed by atoms with Gasteiger partial charge in [-0.05, 0) is 31.2 Å². The van der Waals surface area contributed by atoms with E-state index in [4.69, 9.17) is 0 Å². The van der Waals surface area contributed by atoms with Gasteiger partial charge in [0.1, 0.15) is 0 Å². The second-order valence-corrected chi connectivity index (χ2v) is 9.72. The highest BCUT2D eigenvalue weighted by Gasteiger charge is 2.30. The van der Waals surface area contributed by atoms with Crippen LogP contribution in [0, 0.1) is 6.92 Å². The molecule has 3 rings (SSSR count). The average molecular weight is 466 g/mol. The molecule has 2 aromatic rings. The van der Waals surface area contributed by atoms with Crippen molar-refractivity contribution in [1.82, 2.24) is 4.90 Å². The van der Waals surface area contributed by atoms with Crippen LogP contribution < -0.4 is 0 Å². The smallest absolute Gasteiger partial charge is 0.238 e. The lowest BCUT2D eigenvalue weighted by Gasteiger charge is -2.16. The fraction of sp³-hybridized carbons (Fsp3) is 0.158. The van der Waals surface area contributed by atoms with Gasteiger partial charge in [-0.1, -0.05) is 57.5 Å². The highest BCUT2D eigenvalue weighted by Crippen LogP contribution is 2.31. The molecule has 0 unspecified atom stereocenters. The molecule has 0 N–H and O–H groups in total. The van der Waals surface area contributed by atoms with E-state index in [0.29, 0.717) is 5.56 Å². The Morgan fingerprint density at radius 2 is 1.78 bits per heavy atom. The number of aryl methyl sites for hydroxylation is 1. The lowest BCUT2D eigenvalue weighted by Crippen LogP contribution is -2.30. The molecular formula is C19H16BrNO4S2. The largest absolute Gasteiger partial charge is 0.298 e. The summed E-state index contributed by atoms with van der Waals surface area (Å²) < 4.78 is 26.1. The number of benzene rings is 2. The number of thioether (sulfide) groups is 1. The van der Waals surface area contributed by atoms with Crippen molar-refractivity contribution in [3.8, 4) is 0 Å². The highest BCUT2D eigenvalue weighted by atomic mass is 79.9. The van der Waals surface area contributed by atoms with Crippen molar-refractivity contribution in [2.24, 2.45) is 0 Å². The summed E-state index contributed by atoms with van der Waals surface area (Å²) in [4.78, 5) is 26.1. The minimum Gasteiger partial charge on any atom is -0.298 e. The lowest BCUT2D eigenvalue weighted by molar-refractivity contribution is -0.125. The maximum Gasteiger partial charge on any atom is 0.238 e.